The topological polar surface area (TPSA) is 58.9 Å². The number of rotatable bonds is 4. The lowest BCUT2D eigenvalue weighted by molar-refractivity contribution is -0.142. The number of halogens is 1. The molecular weight excluding hydrogens is 177 g/mol. The monoisotopic (exact) mass is 191 g/mol. The van der Waals surface area contributed by atoms with Gasteiger partial charge in [0.25, 0.3) is 0 Å². The van der Waals surface area contributed by atoms with Gasteiger partial charge in [0, 0.05) is 12.3 Å². The first-order valence-corrected chi connectivity index (χ1v) is 3.84. The Morgan fingerprint density at radius 3 is 2.46 bits per heavy atom. The standard InChI is InChI=1S/C8H14FNO3/c1-6(11)13-5-8(2,3)7(4-9)10-12/h12H,4-5H2,1-3H3/b10-7-. The van der Waals surface area contributed by atoms with Gasteiger partial charge in [-0.2, -0.15) is 0 Å². The molecule has 76 valence electrons. The molecule has 0 aliphatic carbocycles. The average Bonchev–Trinajstić information content (AvgIpc) is 2.03. The molecule has 0 unspecified atom stereocenters. The van der Waals surface area contributed by atoms with E-state index in [2.05, 4.69) is 5.16 Å². The zero-order valence-corrected chi connectivity index (χ0v) is 8.00. The molecule has 0 heterocycles. The van der Waals surface area contributed by atoms with Crippen LogP contribution < -0.4 is 0 Å². The number of oxime groups is 1. The summed E-state index contributed by atoms with van der Waals surface area (Å²) in [6.45, 7) is 3.67. The summed E-state index contributed by atoms with van der Waals surface area (Å²) in [7, 11) is 0. The number of alkyl halides is 1. The van der Waals surface area contributed by atoms with Gasteiger partial charge in [0.05, 0.1) is 5.71 Å². The van der Waals surface area contributed by atoms with Crippen LogP contribution in [0.25, 0.3) is 0 Å². The summed E-state index contributed by atoms with van der Waals surface area (Å²) < 4.78 is 16.9. The summed E-state index contributed by atoms with van der Waals surface area (Å²) in [4.78, 5) is 10.5. The van der Waals surface area contributed by atoms with Crippen molar-refractivity contribution in [2.75, 3.05) is 13.3 Å². The number of hydrogen-bond acceptors (Lipinski definition) is 4. The number of ether oxygens (including phenoxy) is 1. The number of esters is 1. The van der Waals surface area contributed by atoms with E-state index >= 15 is 0 Å². The Morgan fingerprint density at radius 2 is 2.15 bits per heavy atom. The van der Waals surface area contributed by atoms with E-state index in [0.29, 0.717) is 0 Å². The predicted octanol–water partition coefficient (Wildman–Crippen LogP) is 1.38. The highest BCUT2D eigenvalue weighted by Crippen LogP contribution is 2.18. The Kier molecular flexibility index (Phi) is 4.37. The van der Waals surface area contributed by atoms with Gasteiger partial charge in [0.1, 0.15) is 13.3 Å². The summed E-state index contributed by atoms with van der Waals surface area (Å²) in [5, 5.41) is 11.2. The molecule has 0 radical (unpaired) electrons. The molecule has 0 aromatic rings. The molecule has 0 bridgehead atoms. The van der Waals surface area contributed by atoms with Crippen LogP contribution in [0.15, 0.2) is 5.16 Å². The lowest BCUT2D eigenvalue weighted by Gasteiger charge is -2.22. The summed E-state index contributed by atoms with van der Waals surface area (Å²) in [5.74, 6) is -0.441. The fraction of sp³-hybridized carbons (Fsp3) is 0.750. The second-order valence-corrected chi connectivity index (χ2v) is 3.34. The van der Waals surface area contributed by atoms with Crippen molar-refractivity contribution < 1.29 is 19.1 Å². The molecule has 0 aliphatic rings. The van der Waals surface area contributed by atoms with Gasteiger partial charge in [-0.3, -0.25) is 4.79 Å². The molecule has 1 N–H and O–H groups in total. The summed E-state index contributed by atoms with van der Waals surface area (Å²) >= 11 is 0. The van der Waals surface area contributed by atoms with E-state index < -0.39 is 18.1 Å². The largest absolute Gasteiger partial charge is 0.465 e. The van der Waals surface area contributed by atoms with Crippen LogP contribution in [0, 0.1) is 5.41 Å². The van der Waals surface area contributed by atoms with Gasteiger partial charge >= 0.3 is 5.97 Å². The quantitative estimate of drug-likeness (QED) is 0.316. The predicted molar refractivity (Wildman–Crippen MR) is 45.6 cm³/mol. The molecule has 13 heavy (non-hydrogen) atoms. The van der Waals surface area contributed by atoms with Crippen molar-refractivity contribution >= 4 is 11.7 Å². The summed E-state index contributed by atoms with van der Waals surface area (Å²) in [6, 6.07) is 0. The molecule has 0 amide bonds. The van der Waals surface area contributed by atoms with Gasteiger partial charge in [-0.15, -0.1) is 0 Å². The second kappa shape index (κ2) is 4.79. The molecule has 0 atom stereocenters. The fourth-order valence-corrected chi connectivity index (χ4v) is 0.708. The number of carbonyl (C=O) groups excluding carboxylic acids is 1. The van der Waals surface area contributed by atoms with Crippen molar-refractivity contribution in [3.05, 3.63) is 0 Å². The van der Waals surface area contributed by atoms with Crippen molar-refractivity contribution in [2.24, 2.45) is 10.6 Å². The van der Waals surface area contributed by atoms with Crippen LogP contribution in [0.3, 0.4) is 0 Å². The third kappa shape index (κ3) is 3.87. The number of carbonyl (C=O) groups is 1. The lowest BCUT2D eigenvalue weighted by Crippen LogP contribution is -2.32. The van der Waals surface area contributed by atoms with E-state index in [-0.39, 0.29) is 12.3 Å². The minimum Gasteiger partial charge on any atom is -0.465 e. The van der Waals surface area contributed by atoms with Crippen LogP contribution in [0.4, 0.5) is 4.39 Å². The first-order valence-electron chi connectivity index (χ1n) is 3.84. The van der Waals surface area contributed by atoms with E-state index in [4.69, 9.17) is 9.94 Å². The maximum absolute atomic E-state index is 12.2. The first kappa shape index (κ1) is 11.9. The van der Waals surface area contributed by atoms with E-state index in [0.717, 1.165) is 0 Å². The van der Waals surface area contributed by atoms with Crippen LogP contribution in [0.2, 0.25) is 0 Å². The average molecular weight is 191 g/mol. The second-order valence-electron chi connectivity index (χ2n) is 3.34. The number of hydrogen-bond donors (Lipinski definition) is 1. The maximum atomic E-state index is 12.2. The summed E-state index contributed by atoms with van der Waals surface area (Å²) in [5.41, 5.74) is -0.802. The van der Waals surface area contributed by atoms with E-state index in [1.165, 1.54) is 6.92 Å². The van der Waals surface area contributed by atoms with Crippen molar-refractivity contribution in [1.29, 1.82) is 0 Å². The molecule has 0 aliphatic heterocycles. The summed E-state index contributed by atoms with van der Waals surface area (Å²) in [6.07, 6.45) is 0. The molecule has 5 heteroatoms. The van der Waals surface area contributed by atoms with Gasteiger partial charge in [0.2, 0.25) is 0 Å². The van der Waals surface area contributed by atoms with Crippen LogP contribution in [0.1, 0.15) is 20.8 Å². The third-order valence-corrected chi connectivity index (χ3v) is 1.66. The SMILES string of the molecule is CC(=O)OCC(C)(C)/C(CF)=N\O. The van der Waals surface area contributed by atoms with Crippen molar-refractivity contribution in [2.45, 2.75) is 20.8 Å². The van der Waals surface area contributed by atoms with Crippen molar-refractivity contribution in [1.82, 2.24) is 0 Å². The molecule has 0 saturated carbocycles. The Labute approximate surface area is 76.4 Å². The van der Waals surface area contributed by atoms with Crippen LogP contribution >= 0.6 is 0 Å². The lowest BCUT2D eigenvalue weighted by atomic mass is 9.89. The number of nitrogens with zero attached hydrogens (tertiary/aromatic N) is 1. The van der Waals surface area contributed by atoms with Crippen LogP contribution in [-0.4, -0.2) is 30.2 Å². The molecule has 0 saturated heterocycles. The molecule has 0 fully saturated rings. The highest BCUT2D eigenvalue weighted by molar-refractivity contribution is 5.90. The Balaban J connectivity index is 4.29. The van der Waals surface area contributed by atoms with E-state index in [1.54, 1.807) is 13.8 Å². The minimum atomic E-state index is -0.856. The maximum Gasteiger partial charge on any atom is 0.302 e. The highest BCUT2D eigenvalue weighted by Gasteiger charge is 2.27. The van der Waals surface area contributed by atoms with Gasteiger partial charge < -0.3 is 9.94 Å². The molecule has 0 spiro atoms. The molecule has 0 aromatic carbocycles. The molecule has 4 nitrogen and oxygen atoms in total. The van der Waals surface area contributed by atoms with Gasteiger partial charge in [0.15, 0.2) is 0 Å². The van der Waals surface area contributed by atoms with E-state index in [1.807, 2.05) is 0 Å². The van der Waals surface area contributed by atoms with Crippen LogP contribution in [0.5, 0.6) is 0 Å². The normalized spacial score (nSPS) is 12.8. The smallest absolute Gasteiger partial charge is 0.302 e. The first-order chi connectivity index (χ1) is 5.94. The highest BCUT2D eigenvalue weighted by atomic mass is 19.1. The minimum absolute atomic E-state index is 0.00560. The fourth-order valence-electron chi connectivity index (χ4n) is 0.708. The Hall–Kier alpha value is -1.13. The van der Waals surface area contributed by atoms with Gasteiger partial charge in [-0.1, -0.05) is 19.0 Å². The van der Waals surface area contributed by atoms with Crippen molar-refractivity contribution in [3.8, 4) is 0 Å². The Bertz CT molecular complexity index is 213. The van der Waals surface area contributed by atoms with Crippen LogP contribution in [-0.2, 0) is 9.53 Å². The zero-order chi connectivity index (χ0) is 10.5. The van der Waals surface area contributed by atoms with E-state index in [9.17, 15) is 9.18 Å². The van der Waals surface area contributed by atoms with Gasteiger partial charge in [-0.05, 0) is 0 Å². The zero-order valence-electron chi connectivity index (χ0n) is 8.00. The van der Waals surface area contributed by atoms with Crippen molar-refractivity contribution in [3.63, 3.8) is 0 Å². The van der Waals surface area contributed by atoms with Gasteiger partial charge in [-0.25, -0.2) is 4.39 Å². The molecule has 0 rings (SSSR count). The Morgan fingerprint density at radius 1 is 1.62 bits per heavy atom. The third-order valence-electron chi connectivity index (χ3n) is 1.66. The molecule has 0 aromatic heterocycles. The molecular formula is C8H14FNO3.